The van der Waals surface area contributed by atoms with Crippen LogP contribution in [0.15, 0.2) is 0 Å². The molecule has 3 rings (SSSR count). The molecule has 3 unspecified atom stereocenters. The van der Waals surface area contributed by atoms with Crippen LogP contribution in [0.4, 0.5) is 0 Å². The second-order valence-electron chi connectivity index (χ2n) is 6.55. The van der Waals surface area contributed by atoms with Gasteiger partial charge >= 0.3 is 0 Å². The zero-order valence-electron chi connectivity index (χ0n) is 11.6. The Morgan fingerprint density at radius 2 is 2.06 bits per heavy atom. The molecule has 2 aliphatic heterocycles. The van der Waals surface area contributed by atoms with Crippen LogP contribution in [0, 0.1) is 11.8 Å². The maximum absolute atomic E-state index is 11.7. The second kappa shape index (κ2) is 5.30. The third-order valence-electron chi connectivity index (χ3n) is 5.34. The topological polar surface area (TPSA) is 23.6 Å². The van der Waals surface area contributed by atoms with Crippen LogP contribution >= 0.6 is 0 Å². The largest absolute Gasteiger partial charge is 0.303 e. The third kappa shape index (κ3) is 2.48. The summed E-state index contributed by atoms with van der Waals surface area (Å²) in [5, 5.41) is 0. The summed E-state index contributed by atoms with van der Waals surface area (Å²) in [4.78, 5) is 16.9. The number of fused-ring (bicyclic) bond motifs is 1. The molecule has 18 heavy (non-hydrogen) atoms. The first-order valence-corrected chi connectivity index (χ1v) is 7.69. The van der Waals surface area contributed by atoms with Gasteiger partial charge in [-0.2, -0.15) is 0 Å². The van der Waals surface area contributed by atoms with Gasteiger partial charge in [-0.3, -0.25) is 4.79 Å². The molecule has 3 aliphatic rings. The normalized spacial score (nSPS) is 38.9. The van der Waals surface area contributed by atoms with Gasteiger partial charge in [0.05, 0.1) is 0 Å². The molecule has 3 nitrogen and oxygen atoms in total. The summed E-state index contributed by atoms with van der Waals surface area (Å²) in [6.07, 6.45) is 7.17. The van der Waals surface area contributed by atoms with E-state index >= 15 is 0 Å². The molecule has 0 aromatic carbocycles. The van der Waals surface area contributed by atoms with Crippen LogP contribution in [0.1, 0.15) is 38.5 Å². The molecule has 3 fully saturated rings. The van der Waals surface area contributed by atoms with E-state index in [2.05, 4.69) is 16.8 Å². The predicted molar refractivity (Wildman–Crippen MR) is 72.5 cm³/mol. The highest BCUT2D eigenvalue weighted by Gasteiger charge is 2.35. The molecule has 0 aromatic heterocycles. The van der Waals surface area contributed by atoms with Crippen LogP contribution in [0.2, 0.25) is 0 Å². The lowest BCUT2D eigenvalue weighted by Gasteiger charge is -2.46. The highest BCUT2D eigenvalue weighted by atomic mass is 16.1. The van der Waals surface area contributed by atoms with E-state index in [0.717, 1.165) is 37.8 Å². The van der Waals surface area contributed by atoms with E-state index in [1.165, 1.54) is 38.9 Å². The number of likely N-dealkylation sites (tertiary alicyclic amines) is 2. The average molecular weight is 250 g/mol. The summed E-state index contributed by atoms with van der Waals surface area (Å²) >= 11 is 0. The molecule has 0 N–H and O–H groups in total. The Morgan fingerprint density at radius 3 is 2.83 bits per heavy atom. The molecule has 2 saturated heterocycles. The molecule has 0 radical (unpaired) electrons. The Balaban J connectivity index is 1.55. The zero-order valence-corrected chi connectivity index (χ0v) is 11.6. The number of ketones is 1. The summed E-state index contributed by atoms with van der Waals surface area (Å²) in [5.41, 5.74) is 0. The van der Waals surface area contributed by atoms with Crippen LogP contribution in [-0.2, 0) is 4.79 Å². The lowest BCUT2D eigenvalue weighted by atomic mass is 9.84. The van der Waals surface area contributed by atoms with Gasteiger partial charge in [-0.1, -0.05) is 0 Å². The van der Waals surface area contributed by atoms with E-state index in [-0.39, 0.29) is 0 Å². The second-order valence-corrected chi connectivity index (χ2v) is 6.55. The van der Waals surface area contributed by atoms with Crippen molar-refractivity contribution >= 4 is 5.78 Å². The molecule has 3 atom stereocenters. The Kier molecular flexibility index (Phi) is 3.71. The van der Waals surface area contributed by atoms with E-state index in [0.29, 0.717) is 11.7 Å². The van der Waals surface area contributed by atoms with E-state index in [9.17, 15) is 4.79 Å². The third-order valence-corrected chi connectivity index (χ3v) is 5.34. The van der Waals surface area contributed by atoms with Gasteiger partial charge in [-0.15, -0.1) is 0 Å². The maximum Gasteiger partial charge on any atom is 0.137 e. The molecule has 3 heteroatoms. The van der Waals surface area contributed by atoms with Crippen molar-refractivity contribution in [3.8, 4) is 0 Å². The minimum Gasteiger partial charge on any atom is -0.303 e. The van der Waals surface area contributed by atoms with Gasteiger partial charge in [-0.25, -0.2) is 0 Å². The summed E-state index contributed by atoms with van der Waals surface area (Å²) < 4.78 is 0. The summed E-state index contributed by atoms with van der Waals surface area (Å²) in [6, 6.07) is 0.814. The van der Waals surface area contributed by atoms with Crippen LogP contribution < -0.4 is 0 Å². The molecule has 1 aliphatic carbocycles. The van der Waals surface area contributed by atoms with Gasteiger partial charge < -0.3 is 9.80 Å². The van der Waals surface area contributed by atoms with E-state index in [4.69, 9.17) is 0 Å². The van der Waals surface area contributed by atoms with Crippen molar-refractivity contribution in [2.75, 3.05) is 33.2 Å². The Labute approximate surface area is 111 Å². The lowest BCUT2D eigenvalue weighted by molar-refractivity contribution is -0.121. The number of piperidine rings is 2. The quantitative estimate of drug-likeness (QED) is 0.746. The molecule has 0 amide bonds. The average Bonchev–Trinajstić information content (AvgIpc) is 2.75. The number of nitrogens with zero attached hydrogens (tertiary/aromatic N) is 2. The van der Waals surface area contributed by atoms with Gasteiger partial charge in [0.15, 0.2) is 0 Å². The van der Waals surface area contributed by atoms with Crippen LogP contribution in [0.5, 0.6) is 0 Å². The van der Waals surface area contributed by atoms with E-state index in [1.807, 2.05) is 0 Å². The Bertz CT molecular complexity index is 318. The van der Waals surface area contributed by atoms with E-state index < -0.39 is 0 Å². The smallest absolute Gasteiger partial charge is 0.137 e. The number of hydrogen-bond donors (Lipinski definition) is 0. The van der Waals surface area contributed by atoms with Crippen molar-refractivity contribution in [1.29, 1.82) is 0 Å². The Morgan fingerprint density at radius 1 is 1.17 bits per heavy atom. The van der Waals surface area contributed by atoms with E-state index in [1.54, 1.807) is 0 Å². The Hall–Kier alpha value is -0.410. The molecule has 2 heterocycles. The standard InChI is InChI=1S/C15H26N2O/c1-16-8-3-5-12-10-17(9-7-14(12)16)11-13-4-2-6-15(13)18/h12-14H,2-11H2,1H3. The SMILES string of the molecule is CN1CCCC2CN(CC3CCCC3=O)CCC21. The number of hydrogen-bond acceptors (Lipinski definition) is 3. The van der Waals surface area contributed by atoms with Crippen LogP contribution in [-0.4, -0.2) is 54.9 Å². The van der Waals surface area contributed by atoms with Crippen LogP contribution in [0.3, 0.4) is 0 Å². The van der Waals surface area contributed by atoms with Gasteiger partial charge in [0.25, 0.3) is 0 Å². The summed E-state index contributed by atoms with van der Waals surface area (Å²) in [6.45, 7) is 4.77. The molecule has 0 spiro atoms. The van der Waals surface area contributed by atoms with Crippen LogP contribution in [0.25, 0.3) is 0 Å². The maximum atomic E-state index is 11.7. The minimum absolute atomic E-state index is 0.364. The number of carbonyl (C=O) groups is 1. The van der Waals surface area contributed by atoms with Crippen molar-refractivity contribution in [3.63, 3.8) is 0 Å². The summed E-state index contributed by atoms with van der Waals surface area (Å²) in [7, 11) is 2.28. The van der Waals surface area contributed by atoms with Gasteiger partial charge in [0.2, 0.25) is 0 Å². The first-order valence-electron chi connectivity index (χ1n) is 7.69. The number of Topliss-reactive ketones (excluding diaryl/α,β-unsaturated/α-hetero) is 1. The van der Waals surface area contributed by atoms with Crippen molar-refractivity contribution in [2.45, 2.75) is 44.6 Å². The summed E-state index contributed by atoms with van der Waals surface area (Å²) in [5.74, 6) is 1.75. The lowest BCUT2D eigenvalue weighted by Crippen LogP contribution is -2.53. The monoisotopic (exact) mass is 250 g/mol. The highest BCUT2D eigenvalue weighted by molar-refractivity contribution is 5.83. The molecule has 102 valence electrons. The molecular weight excluding hydrogens is 224 g/mol. The number of carbonyl (C=O) groups excluding carboxylic acids is 1. The molecule has 0 aromatic rings. The first-order chi connectivity index (χ1) is 8.74. The van der Waals surface area contributed by atoms with Gasteiger partial charge in [0.1, 0.15) is 5.78 Å². The fraction of sp³-hybridized carbons (Fsp3) is 0.933. The molecule has 0 bridgehead atoms. The van der Waals surface area contributed by atoms with Crippen molar-refractivity contribution < 1.29 is 4.79 Å². The first kappa shape index (κ1) is 12.6. The van der Waals surface area contributed by atoms with Gasteiger partial charge in [-0.05, 0) is 58.2 Å². The van der Waals surface area contributed by atoms with Crippen molar-refractivity contribution in [2.24, 2.45) is 11.8 Å². The van der Waals surface area contributed by atoms with Crippen molar-refractivity contribution in [1.82, 2.24) is 9.80 Å². The van der Waals surface area contributed by atoms with Crippen molar-refractivity contribution in [3.05, 3.63) is 0 Å². The highest BCUT2D eigenvalue weighted by Crippen LogP contribution is 2.31. The molecular formula is C15H26N2O. The zero-order chi connectivity index (χ0) is 12.5. The fourth-order valence-electron chi connectivity index (χ4n) is 4.29. The number of rotatable bonds is 2. The minimum atomic E-state index is 0.364. The predicted octanol–water partition coefficient (Wildman–Crippen LogP) is 1.77. The fourth-order valence-corrected chi connectivity index (χ4v) is 4.29. The molecule has 1 saturated carbocycles. The van der Waals surface area contributed by atoms with Gasteiger partial charge in [0, 0.05) is 31.5 Å².